The predicted octanol–water partition coefficient (Wildman–Crippen LogP) is 4.63. The molecule has 0 saturated heterocycles. The number of nitrogens with zero attached hydrogens (tertiary/aromatic N) is 4. The number of Topliss-reactive ketones (excluding diaryl/α,β-unsaturated/α-hetero) is 1. The highest BCUT2D eigenvalue weighted by molar-refractivity contribution is 8.76. The Morgan fingerprint density at radius 3 is 2.12 bits per heavy atom. The van der Waals surface area contributed by atoms with Crippen LogP contribution in [0.25, 0.3) is 0 Å². The number of hydrogen-bond acceptors (Lipinski definition) is 11. The number of carboxylic acids is 1. The van der Waals surface area contributed by atoms with E-state index in [2.05, 4.69) is 40.1 Å². The molecule has 0 aliphatic carbocycles. The van der Waals surface area contributed by atoms with Crippen molar-refractivity contribution in [3.05, 3.63) is 54.2 Å². The highest BCUT2D eigenvalue weighted by Gasteiger charge is 2.24. The lowest BCUT2D eigenvalue weighted by molar-refractivity contribution is -0.138. The molecule has 0 fully saturated rings. The second-order valence-electron chi connectivity index (χ2n) is 8.78. The van der Waals surface area contributed by atoms with Crippen LogP contribution in [0.5, 0.6) is 5.75 Å². The van der Waals surface area contributed by atoms with E-state index in [1.165, 1.54) is 0 Å². The summed E-state index contributed by atoms with van der Waals surface area (Å²) < 4.78 is 24.0. The quantitative estimate of drug-likeness (QED) is 0.0867. The normalized spacial score (nSPS) is 12.3. The van der Waals surface area contributed by atoms with Gasteiger partial charge in [-0.15, -0.1) is 0 Å². The minimum atomic E-state index is -0.854. The third kappa shape index (κ3) is 14.2. The van der Waals surface area contributed by atoms with Crippen LogP contribution >= 0.6 is 30.0 Å². The first-order valence-corrected chi connectivity index (χ1v) is 16.5. The Balaban J connectivity index is 1.77. The fourth-order valence-electron chi connectivity index (χ4n) is 3.48. The van der Waals surface area contributed by atoms with Gasteiger partial charge in [0, 0.05) is 37.1 Å². The molecule has 1 aromatic heterocycles. The molecule has 1 heterocycles. The van der Waals surface area contributed by atoms with Gasteiger partial charge in [0.2, 0.25) is 0 Å². The number of hydrogen-bond donors (Lipinski definition) is 1. The molecule has 10 nitrogen and oxygen atoms in total. The Kier molecular flexibility index (Phi) is 17.4. The predicted molar refractivity (Wildman–Crippen MR) is 163 cm³/mol. The van der Waals surface area contributed by atoms with Crippen LogP contribution in [0.4, 0.5) is 0 Å². The van der Waals surface area contributed by atoms with Gasteiger partial charge in [0.1, 0.15) is 25.8 Å². The van der Waals surface area contributed by atoms with Gasteiger partial charge < -0.3 is 19.3 Å². The molecular weight excluding hydrogens is 571 g/mol. The van der Waals surface area contributed by atoms with Crippen LogP contribution in [0, 0.1) is 0 Å². The van der Waals surface area contributed by atoms with Crippen LogP contribution < -0.4 is 4.74 Å². The lowest BCUT2D eigenvalue weighted by atomic mass is 10.1. The van der Waals surface area contributed by atoms with Crippen LogP contribution in [-0.2, 0) is 14.3 Å². The molecule has 0 radical (unpaired) electrons. The number of carboxylic acid groups (broad SMARTS) is 1. The van der Waals surface area contributed by atoms with E-state index in [4.69, 9.17) is 19.3 Å². The van der Waals surface area contributed by atoms with E-state index in [0.29, 0.717) is 44.3 Å². The zero-order valence-corrected chi connectivity index (χ0v) is 26.3. The van der Waals surface area contributed by atoms with E-state index in [9.17, 15) is 9.59 Å². The summed E-state index contributed by atoms with van der Waals surface area (Å²) in [6.07, 6.45) is 1.81. The molecule has 0 aliphatic heterocycles. The van der Waals surface area contributed by atoms with Crippen molar-refractivity contribution in [2.45, 2.75) is 18.4 Å². The standard InChI is InChI=1S/C27H41N4O6PS2/c1-23(32)24-8-10-25(11-9-24)37-21-20-36-19-15-30(3)38(29(2)14-18-35-17-12-27(33)34)31(4)16-22-39-40-26-7-5-6-13-28-26/h5-11,13H,12,14-22H2,1-4H3,(H,33,34). The van der Waals surface area contributed by atoms with E-state index in [1.54, 1.807) is 59.0 Å². The fraction of sp³-hybridized carbons (Fsp3) is 0.519. The number of carbonyl (C=O) groups excluding carboxylic acids is 1. The third-order valence-electron chi connectivity index (χ3n) is 5.53. The molecule has 1 atom stereocenters. The van der Waals surface area contributed by atoms with E-state index < -0.39 is 14.3 Å². The summed E-state index contributed by atoms with van der Waals surface area (Å²) in [5.41, 5.74) is 0.662. The first kappa shape index (κ1) is 34.4. The van der Waals surface area contributed by atoms with E-state index in [1.807, 2.05) is 18.2 Å². The maximum absolute atomic E-state index is 11.4. The highest BCUT2D eigenvalue weighted by Crippen LogP contribution is 2.45. The molecule has 40 heavy (non-hydrogen) atoms. The maximum Gasteiger partial charge on any atom is 0.305 e. The average molecular weight is 613 g/mol. The van der Waals surface area contributed by atoms with E-state index in [0.717, 1.165) is 23.9 Å². The molecule has 2 aromatic rings. The summed E-state index contributed by atoms with van der Waals surface area (Å²) in [5.74, 6) is 0.826. The number of likely N-dealkylation sites (N-methyl/N-ethyl adjacent to an activating group) is 2. The summed E-state index contributed by atoms with van der Waals surface area (Å²) in [6.45, 7) is 5.99. The lowest BCUT2D eigenvalue weighted by Crippen LogP contribution is -2.36. The summed E-state index contributed by atoms with van der Waals surface area (Å²) in [4.78, 5) is 26.5. The summed E-state index contributed by atoms with van der Waals surface area (Å²) in [6, 6.07) is 13.0. The summed E-state index contributed by atoms with van der Waals surface area (Å²) in [5, 5.41) is 9.81. The molecular formula is C27H41N4O6PS2. The van der Waals surface area contributed by atoms with Crippen LogP contribution in [0.3, 0.4) is 0 Å². The number of aromatic nitrogens is 1. The lowest BCUT2D eigenvalue weighted by Gasteiger charge is -2.40. The molecule has 0 aliphatic rings. The first-order valence-electron chi connectivity index (χ1n) is 13.0. The Hall–Kier alpha value is -1.76. The molecule has 1 N–H and O–H groups in total. The zero-order chi connectivity index (χ0) is 29.2. The molecule has 1 unspecified atom stereocenters. The van der Waals surface area contributed by atoms with Gasteiger partial charge in [-0.25, -0.2) is 4.98 Å². The van der Waals surface area contributed by atoms with Gasteiger partial charge in [-0.05, 0) is 75.3 Å². The van der Waals surface area contributed by atoms with Crippen molar-refractivity contribution in [2.24, 2.45) is 0 Å². The largest absolute Gasteiger partial charge is 0.491 e. The number of pyridine rings is 1. The Bertz CT molecular complexity index is 993. The Labute approximate surface area is 247 Å². The number of ketones is 1. The fourth-order valence-corrected chi connectivity index (χ4v) is 7.90. The average Bonchev–Trinajstić information content (AvgIpc) is 2.93. The highest BCUT2D eigenvalue weighted by atomic mass is 33.1. The van der Waals surface area contributed by atoms with Gasteiger partial charge in [0.15, 0.2) is 5.78 Å². The molecule has 222 valence electrons. The van der Waals surface area contributed by atoms with Gasteiger partial charge in [-0.2, -0.15) is 0 Å². The molecule has 0 bridgehead atoms. The van der Waals surface area contributed by atoms with Crippen molar-refractivity contribution in [3.8, 4) is 5.75 Å². The topological polar surface area (TPSA) is 105 Å². The van der Waals surface area contributed by atoms with Crippen LogP contribution in [0.1, 0.15) is 23.7 Å². The Morgan fingerprint density at radius 2 is 1.52 bits per heavy atom. The van der Waals surface area contributed by atoms with E-state index >= 15 is 0 Å². The SMILES string of the molecule is CC(=O)c1ccc(OCCOCCN(C)P(N(C)CCOCCC(=O)O)N(C)CCSSc2ccccn2)cc1. The minimum Gasteiger partial charge on any atom is -0.491 e. The first-order chi connectivity index (χ1) is 19.3. The number of benzene rings is 1. The molecule has 2 rings (SSSR count). The van der Waals surface area contributed by atoms with Crippen molar-refractivity contribution in [1.29, 1.82) is 0 Å². The van der Waals surface area contributed by atoms with Gasteiger partial charge in [0.25, 0.3) is 0 Å². The zero-order valence-electron chi connectivity index (χ0n) is 23.7. The van der Waals surface area contributed by atoms with E-state index in [-0.39, 0.29) is 18.8 Å². The van der Waals surface area contributed by atoms with Gasteiger partial charge in [-0.3, -0.25) is 23.6 Å². The molecule has 13 heteroatoms. The summed E-state index contributed by atoms with van der Waals surface area (Å²) >= 11 is 0. The molecule has 1 aromatic carbocycles. The van der Waals surface area contributed by atoms with Gasteiger partial charge in [0.05, 0.1) is 32.8 Å². The van der Waals surface area contributed by atoms with Crippen molar-refractivity contribution in [2.75, 3.05) is 79.6 Å². The van der Waals surface area contributed by atoms with Crippen molar-refractivity contribution in [3.63, 3.8) is 0 Å². The number of ether oxygens (including phenoxy) is 3. The van der Waals surface area contributed by atoms with Crippen LogP contribution in [0.15, 0.2) is 53.7 Å². The molecule has 0 amide bonds. The number of rotatable bonds is 22. The smallest absolute Gasteiger partial charge is 0.305 e. The van der Waals surface area contributed by atoms with Gasteiger partial charge in [-0.1, -0.05) is 16.9 Å². The number of aliphatic carboxylic acids is 1. The van der Waals surface area contributed by atoms with Gasteiger partial charge >= 0.3 is 5.97 Å². The van der Waals surface area contributed by atoms with Crippen LogP contribution in [0.2, 0.25) is 0 Å². The monoisotopic (exact) mass is 612 g/mol. The van der Waals surface area contributed by atoms with Crippen molar-refractivity contribution < 1.29 is 28.9 Å². The summed E-state index contributed by atoms with van der Waals surface area (Å²) in [7, 11) is 8.96. The molecule has 0 saturated carbocycles. The second-order valence-corrected chi connectivity index (χ2v) is 13.8. The minimum absolute atomic E-state index is 0.00815. The second kappa shape index (κ2) is 20.2. The van der Waals surface area contributed by atoms with Crippen LogP contribution in [-0.4, -0.2) is 115 Å². The number of carbonyl (C=O) groups is 2. The van der Waals surface area contributed by atoms with Crippen molar-refractivity contribution in [1.82, 2.24) is 19.0 Å². The van der Waals surface area contributed by atoms with Crippen molar-refractivity contribution >= 4 is 41.7 Å². The third-order valence-corrected chi connectivity index (χ3v) is 10.2. The Morgan fingerprint density at radius 1 is 0.875 bits per heavy atom. The maximum atomic E-state index is 11.4. The molecule has 0 spiro atoms.